The molecular weight excluding hydrogens is 288 g/mol. The van der Waals surface area contributed by atoms with Crippen LogP contribution in [0.2, 0.25) is 0 Å². The molecule has 0 aliphatic carbocycles. The minimum atomic E-state index is -0.417. The molecule has 0 bridgehead atoms. The predicted octanol–water partition coefficient (Wildman–Crippen LogP) is 2.90. The first-order valence-electron chi connectivity index (χ1n) is 4.83. The molecule has 1 rings (SSSR count). The van der Waals surface area contributed by atoms with Crippen LogP contribution >= 0.6 is 15.9 Å². The zero-order valence-electron chi connectivity index (χ0n) is 9.81. The van der Waals surface area contributed by atoms with Gasteiger partial charge in [0, 0.05) is 20.2 Å². The highest BCUT2D eigenvalue weighted by Gasteiger charge is 2.17. The Kier molecular flexibility index (Phi) is 4.51. The molecule has 0 unspecified atom stereocenters. The number of rotatable bonds is 4. The molecule has 0 aromatic heterocycles. The summed E-state index contributed by atoms with van der Waals surface area (Å²) in [5.74, 6) is 0.564. The Morgan fingerprint density at radius 1 is 1.47 bits per heavy atom. The van der Waals surface area contributed by atoms with Crippen LogP contribution in [0.3, 0.4) is 0 Å². The van der Waals surface area contributed by atoms with Crippen LogP contribution in [0, 0.1) is 10.1 Å². The van der Waals surface area contributed by atoms with Crippen LogP contribution in [-0.4, -0.2) is 31.0 Å². The van der Waals surface area contributed by atoms with E-state index in [2.05, 4.69) is 15.9 Å². The van der Waals surface area contributed by atoms with E-state index in [-0.39, 0.29) is 5.69 Å². The molecule has 0 N–H and O–H groups in total. The number of nitro benzene ring substituents is 1. The maximum atomic E-state index is 10.9. The van der Waals surface area contributed by atoms with Crippen LogP contribution < -0.4 is 4.74 Å². The summed E-state index contributed by atoms with van der Waals surface area (Å²) in [6.45, 7) is 0. The van der Waals surface area contributed by atoms with Gasteiger partial charge in [0.15, 0.2) is 0 Å². The molecule has 0 saturated carbocycles. The molecule has 0 aliphatic rings. The Balaban J connectivity index is 3.34. The van der Waals surface area contributed by atoms with Crippen molar-refractivity contribution in [2.24, 2.45) is 0 Å². The third kappa shape index (κ3) is 3.20. The number of nitro groups is 1. The Morgan fingerprint density at radius 2 is 2.12 bits per heavy atom. The molecule has 1 aromatic rings. The first-order chi connectivity index (χ1) is 7.97. The lowest BCUT2D eigenvalue weighted by Crippen LogP contribution is -2.01. The molecule has 0 aliphatic heterocycles. The largest absolute Gasteiger partial charge is 0.496 e. The second kappa shape index (κ2) is 5.67. The van der Waals surface area contributed by atoms with Crippen LogP contribution in [0.5, 0.6) is 5.75 Å². The second-order valence-corrected chi connectivity index (χ2v) is 4.34. The highest BCUT2D eigenvalue weighted by molar-refractivity contribution is 9.10. The predicted molar refractivity (Wildman–Crippen MR) is 70.1 cm³/mol. The van der Waals surface area contributed by atoms with E-state index in [1.165, 1.54) is 13.2 Å². The summed E-state index contributed by atoms with van der Waals surface area (Å²) in [6.07, 6.45) is 3.41. The number of methoxy groups -OCH3 is 1. The SMILES string of the molecule is COc1ccc([N+](=O)[O-])c(/C=C/N(C)C)c1Br. The molecule has 0 heterocycles. The summed E-state index contributed by atoms with van der Waals surface area (Å²) >= 11 is 3.31. The third-order valence-corrected chi connectivity index (χ3v) is 2.90. The van der Waals surface area contributed by atoms with Crippen LogP contribution in [0.25, 0.3) is 6.08 Å². The van der Waals surface area contributed by atoms with Crippen molar-refractivity contribution in [3.8, 4) is 5.75 Å². The Labute approximate surface area is 108 Å². The van der Waals surface area contributed by atoms with Crippen molar-refractivity contribution < 1.29 is 9.66 Å². The van der Waals surface area contributed by atoms with Gasteiger partial charge in [0.2, 0.25) is 0 Å². The number of benzene rings is 1. The number of nitrogens with zero attached hydrogens (tertiary/aromatic N) is 2. The van der Waals surface area contributed by atoms with Crippen LogP contribution in [0.1, 0.15) is 5.56 Å². The number of ether oxygens (including phenoxy) is 1. The van der Waals surface area contributed by atoms with E-state index in [4.69, 9.17) is 4.74 Å². The van der Waals surface area contributed by atoms with E-state index >= 15 is 0 Å². The smallest absolute Gasteiger partial charge is 0.278 e. The van der Waals surface area contributed by atoms with Gasteiger partial charge in [-0.15, -0.1) is 0 Å². The van der Waals surface area contributed by atoms with Gasteiger partial charge >= 0.3 is 0 Å². The van der Waals surface area contributed by atoms with Crippen molar-refractivity contribution in [1.82, 2.24) is 4.90 Å². The summed E-state index contributed by atoms with van der Waals surface area (Å²) in [7, 11) is 5.21. The van der Waals surface area contributed by atoms with Gasteiger partial charge in [0.05, 0.1) is 22.1 Å². The lowest BCUT2D eigenvalue weighted by atomic mass is 10.1. The minimum absolute atomic E-state index is 0.0378. The van der Waals surface area contributed by atoms with Crippen molar-refractivity contribution in [2.75, 3.05) is 21.2 Å². The fraction of sp³-hybridized carbons (Fsp3) is 0.273. The first-order valence-corrected chi connectivity index (χ1v) is 5.62. The van der Waals surface area contributed by atoms with Gasteiger partial charge in [-0.2, -0.15) is 0 Å². The van der Waals surface area contributed by atoms with Crippen molar-refractivity contribution in [1.29, 1.82) is 0 Å². The lowest BCUT2D eigenvalue weighted by Gasteiger charge is -2.08. The van der Waals surface area contributed by atoms with Gasteiger partial charge in [0.1, 0.15) is 5.75 Å². The molecular formula is C11H13BrN2O3. The van der Waals surface area contributed by atoms with Gasteiger partial charge in [-0.1, -0.05) is 0 Å². The standard InChI is InChI=1S/C11H13BrN2O3/c1-13(2)7-6-8-9(14(15)16)4-5-10(17-3)11(8)12/h4-7H,1-3H3/b7-6+. The molecule has 1 aromatic carbocycles. The lowest BCUT2D eigenvalue weighted by molar-refractivity contribution is -0.385. The summed E-state index contributed by atoms with van der Waals surface area (Å²) in [6, 6.07) is 2.99. The van der Waals surface area contributed by atoms with Crippen molar-refractivity contribution in [3.05, 3.63) is 38.5 Å². The summed E-state index contributed by atoms with van der Waals surface area (Å²) in [5, 5.41) is 10.9. The molecule has 92 valence electrons. The van der Waals surface area contributed by atoms with Crippen LogP contribution in [0.4, 0.5) is 5.69 Å². The number of hydrogen-bond donors (Lipinski definition) is 0. The first kappa shape index (κ1) is 13.5. The molecule has 0 spiro atoms. The molecule has 0 amide bonds. The van der Waals surface area contributed by atoms with E-state index in [9.17, 15) is 10.1 Å². The fourth-order valence-electron chi connectivity index (χ4n) is 1.26. The van der Waals surface area contributed by atoms with E-state index in [0.29, 0.717) is 15.8 Å². The van der Waals surface area contributed by atoms with Gasteiger partial charge in [-0.3, -0.25) is 10.1 Å². The van der Waals surface area contributed by atoms with E-state index in [1.807, 2.05) is 14.1 Å². The van der Waals surface area contributed by atoms with E-state index < -0.39 is 4.92 Å². The zero-order valence-corrected chi connectivity index (χ0v) is 11.4. The quantitative estimate of drug-likeness (QED) is 0.634. The maximum absolute atomic E-state index is 10.9. The maximum Gasteiger partial charge on any atom is 0.278 e. The topological polar surface area (TPSA) is 55.6 Å². The molecule has 6 heteroatoms. The molecule has 0 atom stereocenters. The van der Waals surface area contributed by atoms with E-state index in [0.717, 1.165) is 0 Å². The molecule has 0 saturated heterocycles. The Morgan fingerprint density at radius 3 is 2.59 bits per heavy atom. The molecule has 0 fully saturated rings. The fourth-order valence-corrected chi connectivity index (χ4v) is 1.89. The number of halogens is 1. The monoisotopic (exact) mass is 300 g/mol. The summed E-state index contributed by atoms with van der Waals surface area (Å²) in [5.41, 5.74) is 0.527. The highest BCUT2D eigenvalue weighted by Crippen LogP contribution is 2.35. The van der Waals surface area contributed by atoms with Gasteiger partial charge < -0.3 is 9.64 Å². The molecule has 17 heavy (non-hydrogen) atoms. The van der Waals surface area contributed by atoms with Crippen molar-refractivity contribution >= 4 is 27.7 Å². The third-order valence-electron chi connectivity index (χ3n) is 2.08. The van der Waals surface area contributed by atoms with Crippen LogP contribution in [0.15, 0.2) is 22.8 Å². The Bertz CT molecular complexity index is 458. The van der Waals surface area contributed by atoms with Gasteiger partial charge in [0.25, 0.3) is 5.69 Å². The molecule has 0 radical (unpaired) electrons. The van der Waals surface area contributed by atoms with Crippen LogP contribution in [-0.2, 0) is 0 Å². The highest BCUT2D eigenvalue weighted by atomic mass is 79.9. The average molecular weight is 301 g/mol. The van der Waals surface area contributed by atoms with E-state index in [1.54, 1.807) is 23.2 Å². The average Bonchev–Trinajstić information content (AvgIpc) is 2.26. The van der Waals surface area contributed by atoms with Gasteiger partial charge in [-0.25, -0.2) is 0 Å². The molecule has 5 nitrogen and oxygen atoms in total. The summed E-state index contributed by atoms with van der Waals surface area (Å²) < 4.78 is 5.69. The summed E-state index contributed by atoms with van der Waals surface area (Å²) in [4.78, 5) is 12.3. The number of hydrogen-bond acceptors (Lipinski definition) is 4. The van der Waals surface area contributed by atoms with Gasteiger partial charge in [-0.05, 0) is 34.3 Å². The Hall–Kier alpha value is -1.56. The second-order valence-electron chi connectivity index (χ2n) is 3.55. The normalized spacial score (nSPS) is 10.6. The van der Waals surface area contributed by atoms with Crippen molar-refractivity contribution in [2.45, 2.75) is 0 Å². The zero-order chi connectivity index (χ0) is 13.0. The van der Waals surface area contributed by atoms with Crippen molar-refractivity contribution in [3.63, 3.8) is 0 Å². The minimum Gasteiger partial charge on any atom is -0.496 e.